The maximum Gasteiger partial charge on any atom is 0.345 e. The van der Waals surface area contributed by atoms with Crippen LogP contribution in [0.5, 0.6) is 0 Å². The Hall–Kier alpha value is -1.05. The van der Waals surface area contributed by atoms with E-state index < -0.39 is 5.97 Å². The molecular weight excluding hydrogens is 298 g/mol. The number of aromatic carboxylic acids is 1. The first kappa shape index (κ1) is 15.3. The maximum atomic E-state index is 11.9. The third kappa shape index (κ3) is 4.50. The first-order valence-electron chi connectivity index (χ1n) is 6.47. The minimum Gasteiger partial charge on any atom is -0.477 e. The summed E-state index contributed by atoms with van der Waals surface area (Å²) in [5, 5.41) is 10.7. The topological polar surface area (TPSA) is 66.8 Å². The van der Waals surface area contributed by atoms with Crippen LogP contribution >= 0.6 is 23.1 Å². The van der Waals surface area contributed by atoms with Gasteiger partial charge in [-0.3, -0.25) is 4.79 Å². The number of hydrogen-bond acceptors (Lipinski definition) is 5. The molecule has 0 spiro atoms. The van der Waals surface area contributed by atoms with Crippen molar-refractivity contribution in [2.45, 2.75) is 17.7 Å². The minimum atomic E-state index is -0.885. The molecule has 1 amide bonds. The number of carbonyl (C=O) groups excluding carboxylic acids is 1. The van der Waals surface area contributed by atoms with Gasteiger partial charge in [0.15, 0.2) is 0 Å². The van der Waals surface area contributed by atoms with E-state index in [-0.39, 0.29) is 5.91 Å². The van der Waals surface area contributed by atoms with Crippen LogP contribution in [0.2, 0.25) is 0 Å². The summed E-state index contributed by atoms with van der Waals surface area (Å²) in [5.41, 5.74) is 0. The summed E-state index contributed by atoms with van der Waals surface area (Å²) < 4.78 is 5.21. The quantitative estimate of drug-likeness (QED) is 0.644. The van der Waals surface area contributed by atoms with Crippen molar-refractivity contribution in [2.75, 3.05) is 32.1 Å². The highest BCUT2D eigenvalue weighted by Gasteiger charge is 2.16. The van der Waals surface area contributed by atoms with Gasteiger partial charge in [-0.05, 0) is 18.2 Å². The van der Waals surface area contributed by atoms with E-state index in [0.717, 1.165) is 17.1 Å². The number of carboxylic acids is 1. The SMILES string of the molecule is O=C(O)c1cc(SCCCC(=O)N2CCOCC2)cs1. The molecule has 0 aliphatic carbocycles. The summed E-state index contributed by atoms with van der Waals surface area (Å²) in [6, 6.07) is 1.68. The molecule has 0 aromatic carbocycles. The van der Waals surface area contributed by atoms with Crippen molar-refractivity contribution in [3.63, 3.8) is 0 Å². The lowest BCUT2D eigenvalue weighted by atomic mass is 10.3. The first-order chi connectivity index (χ1) is 9.66. The van der Waals surface area contributed by atoms with Gasteiger partial charge in [0.25, 0.3) is 0 Å². The van der Waals surface area contributed by atoms with Crippen LogP contribution < -0.4 is 0 Å². The molecule has 7 heteroatoms. The number of thioether (sulfide) groups is 1. The Morgan fingerprint density at radius 1 is 1.40 bits per heavy atom. The van der Waals surface area contributed by atoms with Crippen LogP contribution in [0.1, 0.15) is 22.5 Å². The number of hydrogen-bond donors (Lipinski definition) is 1. The molecule has 0 saturated carbocycles. The summed E-state index contributed by atoms with van der Waals surface area (Å²) >= 11 is 2.83. The molecule has 1 N–H and O–H groups in total. The zero-order valence-electron chi connectivity index (χ0n) is 11.0. The van der Waals surface area contributed by atoms with Crippen molar-refractivity contribution in [3.05, 3.63) is 16.3 Å². The minimum absolute atomic E-state index is 0.186. The molecule has 0 atom stereocenters. The van der Waals surface area contributed by atoms with Crippen LogP contribution in [0.15, 0.2) is 16.3 Å². The second kappa shape index (κ2) is 7.66. The smallest absolute Gasteiger partial charge is 0.345 e. The van der Waals surface area contributed by atoms with Crippen molar-refractivity contribution in [1.29, 1.82) is 0 Å². The number of nitrogens with zero attached hydrogens (tertiary/aromatic N) is 1. The predicted octanol–water partition coefficient (Wildman–Crippen LogP) is 2.18. The van der Waals surface area contributed by atoms with Crippen molar-refractivity contribution in [1.82, 2.24) is 4.90 Å². The lowest BCUT2D eigenvalue weighted by Crippen LogP contribution is -2.40. The molecule has 5 nitrogen and oxygen atoms in total. The molecule has 1 aliphatic rings. The number of rotatable bonds is 6. The summed E-state index contributed by atoms with van der Waals surface area (Å²) in [6.07, 6.45) is 1.35. The van der Waals surface area contributed by atoms with Crippen LogP contribution in [0.4, 0.5) is 0 Å². The van der Waals surface area contributed by atoms with Gasteiger partial charge in [-0.15, -0.1) is 23.1 Å². The van der Waals surface area contributed by atoms with Gasteiger partial charge in [-0.2, -0.15) is 0 Å². The highest BCUT2D eigenvalue weighted by Crippen LogP contribution is 2.25. The molecule has 0 bridgehead atoms. The second-order valence-corrected chi connectivity index (χ2v) is 6.48. The van der Waals surface area contributed by atoms with E-state index in [1.54, 1.807) is 17.8 Å². The Morgan fingerprint density at radius 2 is 2.15 bits per heavy atom. The van der Waals surface area contributed by atoms with E-state index in [1.807, 2.05) is 10.3 Å². The van der Waals surface area contributed by atoms with Crippen molar-refractivity contribution in [2.24, 2.45) is 0 Å². The molecule has 1 saturated heterocycles. The monoisotopic (exact) mass is 315 g/mol. The van der Waals surface area contributed by atoms with Crippen molar-refractivity contribution in [3.8, 4) is 0 Å². The summed E-state index contributed by atoms with van der Waals surface area (Å²) in [4.78, 5) is 25.8. The van der Waals surface area contributed by atoms with Gasteiger partial charge >= 0.3 is 5.97 Å². The van der Waals surface area contributed by atoms with Crippen LogP contribution in [-0.4, -0.2) is 53.9 Å². The number of carbonyl (C=O) groups is 2. The summed E-state index contributed by atoms with van der Waals surface area (Å²) in [5.74, 6) is 0.126. The average Bonchev–Trinajstić information content (AvgIpc) is 2.93. The van der Waals surface area contributed by atoms with Crippen molar-refractivity contribution >= 4 is 35.0 Å². The number of carboxylic acid groups (broad SMARTS) is 1. The number of morpholine rings is 1. The Kier molecular flexibility index (Phi) is 5.87. The van der Waals surface area contributed by atoms with Crippen LogP contribution in [-0.2, 0) is 9.53 Å². The standard InChI is InChI=1S/C13H17NO4S2/c15-12(14-3-5-18-6-4-14)2-1-7-19-10-8-11(13(16)17)20-9-10/h8-9H,1-7H2,(H,16,17). The van der Waals surface area contributed by atoms with Gasteiger partial charge < -0.3 is 14.7 Å². The third-order valence-corrected chi connectivity index (χ3v) is 5.08. The zero-order chi connectivity index (χ0) is 14.4. The molecular formula is C13H17NO4S2. The van der Waals surface area contributed by atoms with Gasteiger partial charge in [0, 0.05) is 29.8 Å². The average molecular weight is 315 g/mol. The van der Waals surface area contributed by atoms with E-state index in [2.05, 4.69) is 0 Å². The molecule has 2 heterocycles. The lowest BCUT2D eigenvalue weighted by Gasteiger charge is -2.26. The normalized spacial score (nSPS) is 15.3. The predicted molar refractivity (Wildman–Crippen MR) is 78.6 cm³/mol. The summed E-state index contributed by atoms with van der Waals surface area (Å²) in [7, 11) is 0. The van der Waals surface area contributed by atoms with E-state index >= 15 is 0 Å². The van der Waals surface area contributed by atoms with Gasteiger partial charge in [-0.1, -0.05) is 0 Å². The van der Waals surface area contributed by atoms with Gasteiger partial charge in [0.05, 0.1) is 13.2 Å². The highest BCUT2D eigenvalue weighted by atomic mass is 32.2. The zero-order valence-corrected chi connectivity index (χ0v) is 12.7. The molecule has 110 valence electrons. The number of thiophene rings is 1. The van der Waals surface area contributed by atoms with Gasteiger partial charge in [0.2, 0.25) is 5.91 Å². The van der Waals surface area contributed by atoms with Gasteiger partial charge in [0.1, 0.15) is 4.88 Å². The second-order valence-electron chi connectivity index (χ2n) is 4.40. The van der Waals surface area contributed by atoms with E-state index in [0.29, 0.717) is 37.6 Å². The van der Waals surface area contributed by atoms with Crippen LogP contribution in [0, 0.1) is 0 Å². The Morgan fingerprint density at radius 3 is 2.80 bits per heavy atom. The Balaban J connectivity index is 1.65. The Labute approximate surface area is 125 Å². The number of ether oxygens (including phenoxy) is 1. The molecule has 1 fully saturated rings. The molecule has 1 aromatic heterocycles. The van der Waals surface area contributed by atoms with E-state index in [4.69, 9.17) is 9.84 Å². The fraction of sp³-hybridized carbons (Fsp3) is 0.538. The van der Waals surface area contributed by atoms with Crippen molar-refractivity contribution < 1.29 is 19.4 Å². The fourth-order valence-corrected chi connectivity index (χ4v) is 3.71. The van der Waals surface area contributed by atoms with Crippen LogP contribution in [0.3, 0.4) is 0 Å². The lowest BCUT2D eigenvalue weighted by molar-refractivity contribution is -0.135. The molecule has 0 unspecified atom stereocenters. The first-order valence-corrected chi connectivity index (χ1v) is 8.33. The molecule has 20 heavy (non-hydrogen) atoms. The number of amides is 1. The molecule has 1 aromatic rings. The Bertz CT molecular complexity index is 469. The van der Waals surface area contributed by atoms with E-state index in [9.17, 15) is 9.59 Å². The molecule has 0 radical (unpaired) electrons. The maximum absolute atomic E-state index is 11.9. The fourth-order valence-electron chi connectivity index (χ4n) is 1.89. The largest absolute Gasteiger partial charge is 0.477 e. The van der Waals surface area contributed by atoms with Gasteiger partial charge in [-0.25, -0.2) is 4.79 Å². The highest BCUT2D eigenvalue weighted by molar-refractivity contribution is 7.99. The summed E-state index contributed by atoms with van der Waals surface area (Å²) in [6.45, 7) is 2.65. The van der Waals surface area contributed by atoms with Crippen LogP contribution in [0.25, 0.3) is 0 Å². The third-order valence-electron chi connectivity index (χ3n) is 2.95. The van der Waals surface area contributed by atoms with E-state index in [1.165, 1.54) is 11.3 Å². The molecule has 2 rings (SSSR count). The molecule has 1 aliphatic heterocycles.